The van der Waals surface area contributed by atoms with Crippen molar-refractivity contribution in [1.82, 2.24) is 5.32 Å². The van der Waals surface area contributed by atoms with Gasteiger partial charge in [0.15, 0.2) is 17.6 Å². The van der Waals surface area contributed by atoms with Crippen LogP contribution in [0.2, 0.25) is 0 Å². The first-order valence-corrected chi connectivity index (χ1v) is 17.0. The van der Waals surface area contributed by atoms with Crippen LogP contribution in [0.3, 0.4) is 0 Å². The highest BCUT2D eigenvalue weighted by Crippen LogP contribution is 2.41. The number of aliphatic hydroxyl groups excluding tert-OH is 4. The summed E-state index contributed by atoms with van der Waals surface area (Å²) in [5.41, 5.74) is 6.12. The van der Waals surface area contributed by atoms with Crippen LogP contribution < -0.4 is 34.3 Å². The van der Waals surface area contributed by atoms with Crippen molar-refractivity contribution in [3.8, 4) is 28.7 Å². The molecule has 280 valence electrons. The third-order valence-electron chi connectivity index (χ3n) is 9.22. The van der Waals surface area contributed by atoms with Crippen molar-refractivity contribution in [2.75, 3.05) is 39.9 Å². The van der Waals surface area contributed by atoms with E-state index in [2.05, 4.69) is 15.8 Å². The molecule has 4 aromatic carbocycles. The molecule has 0 aromatic heterocycles. The average molecular weight is 730 g/mol. The van der Waals surface area contributed by atoms with Gasteiger partial charge in [0.2, 0.25) is 5.75 Å². The number of benzene rings is 4. The van der Waals surface area contributed by atoms with Gasteiger partial charge in [-0.2, -0.15) is 0 Å². The lowest BCUT2D eigenvalue weighted by Crippen LogP contribution is -2.38. The summed E-state index contributed by atoms with van der Waals surface area (Å²) in [5, 5.41) is 50.1. The van der Waals surface area contributed by atoms with Crippen LogP contribution in [-0.2, 0) is 31.3 Å². The number of ether oxygens (including phenoxy) is 5. The van der Waals surface area contributed by atoms with Crippen LogP contribution in [0.4, 0.5) is 5.69 Å². The van der Waals surface area contributed by atoms with Crippen molar-refractivity contribution >= 4 is 17.3 Å². The Bertz CT molecular complexity index is 1930. The Morgan fingerprint density at radius 2 is 1.42 bits per heavy atom. The second-order valence-electron chi connectivity index (χ2n) is 12.4. The molecular weight excluding hydrogens is 686 g/mol. The zero-order valence-corrected chi connectivity index (χ0v) is 29.7. The lowest BCUT2D eigenvalue weighted by atomic mass is 9.93. The molecule has 1 amide bonds. The van der Waals surface area contributed by atoms with E-state index in [0.29, 0.717) is 93.0 Å². The van der Waals surface area contributed by atoms with E-state index in [1.165, 1.54) is 14.2 Å². The zero-order chi connectivity index (χ0) is 37.5. The van der Waals surface area contributed by atoms with Gasteiger partial charge in [-0.1, -0.05) is 11.2 Å². The van der Waals surface area contributed by atoms with Gasteiger partial charge in [0, 0.05) is 29.7 Å². The van der Waals surface area contributed by atoms with Gasteiger partial charge in [0.1, 0.15) is 17.7 Å². The van der Waals surface area contributed by atoms with Gasteiger partial charge in [0.05, 0.1) is 72.2 Å². The standard InChI is InChI=1S/C39H43N3O11/c1-48-28-6-7-31-29(16-28)39(47)41-38(40-31)22-5-8-33(27(11-22)20-45)51-9-4-10-52-37-35(49-2)14-23(15-36(37)50-3)32-17-34(53-42-32)24-12-25(18-43)30(21-46)26(13-24)19-44/h5-8,11-16,34,38,40,43-46H,4,9-10,17-21H2,1-3H3,(H,41,47). The van der Waals surface area contributed by atoms with Crippen molar-refractivity contribution in [2.45, 2.75) is 51.5 Å². The first kappa shape index (κ1) is 37.2. The highest BCUT2D eigenvalue weighted by Gasteiger charge is 2.28. The molecule has 14 nitrogen and oxygen atoms in total. The number of nitrogens with one attached hydrogen (secondary N) is 2. The van der Waals surface area contributed by atoms with Gasteiger partial charge in [0.25, 0.3) is 5.91 Å². The molecule has 0 bridgehead atoms. The van der Waals surface area contributed by atoms with E-state index in [9.17, 15) is 25.2 Å². The number of hydrogen-bond donors (Lipinski definition) is 6. The quantitative estimate of drug-likeness (QED) is 0.0902. The number of aliphatic hydroxyl groups is 4. The summed E-state index contributed by atoms with van der Waals surface area (Å²) in [6.07, 6.45) is -0.0442. The van der Waals surface area contributed by atoms with Crippen molar-refractivity contribution < 1.29 is 53.7 Å². The summed E-state index contributed by atoms with van der Waals surface area (Å²) in [4.78, 5) is 18.6. The molecule has 14 heteroatoms. The summed E-state index contributed by atoms with van der Waals surface area (Å²) in [5.74, 6) is 2.16. The number of rotatable bonds is 16. The largest absolute Gasteiger partial charge is 0.497 e. The molecule has 0 saturated heterocycles. The van der Waals surface area contributed by atoms with Crippen LogP contribution >= 0.6 is 0 Å². The van der Waals surface area contributed by atoms with E-state index in [1.807, 2.05) is 6.07 Å². The number of carbonyl (C=O) groups excluding carboxylic acids is 1. The van der Waals surface area contributed by atoms with E-state index in [-0.39, 0.29) is 38.9 Å². The first-order chi connectivity index (χ1) is 25.8. The summed E-state index contributed by atoms with van der Waals surface area (Å²) >= 11 is 0. The molecule has 2 atom stereocenters. The van der Waals surface area contributed by atoms with Crippen LogP contribution in [0.5, 0.6) is 28.7 Å². The SMILES string of the molecule is COc1ccc2c(c1)C(=O)NC(c1ccc(OCCCOc3c(OC)cc(C4=NOC(c5cc(CO)c(CO)c(CO)c5)C4)cc3OC)c(CO)c1)N2. The second-order valence-corrected chi connectivity index (χ2v) is 12.4. The lowest BCUT2D eigenvalue weighted by Gasteiger charge is -2.29. The molecule has 0 saturated carbocycles. The third-order valence-corrected chi connectivity index (χ3v) is 9.22. The van der Waals surface area contributed by atoms with Gasteiger partial charge in [-0.05, 0) is 82.4 Å². The van der Waals surface area contributed by atoms with Crippen molar-refractivity contribution in [2.24, 2.45) is 5.16 Å². The predicted octanol–water partition coefficient (Wildman–Crippen LogP) is 4.25. The molecule has 2 aliphatic heterocycles. The molecule has 0 spiro atoms. The fourth-order valence-electron chi connectivity index (χ4n) is 6.40. The number of hydrogen-bond acceptors (Lipinski definition) is 13. The minimum atomic E-state index is -0.493. The Labute approximate surface area is 306 Å². The van der Waals surface area contributed by atoms with E-state index in [1.54, 1.807) is 61.7 Å². The number of amides is 1. The van der Waals surface area contributed by atoms with Gasteiger partial charge in [-0.3, -0.25) is 4.79 Å². The smallest absolute Gasteiger partial charge is 0.255 e. The number of anilines is 1. The molecule has 6 N–H and O–H groups in total. The maximum absolute atomic E-state index is 12.8. The third kappa shape index (κ3) is 7.95. The number of methoxy groups -OCH3 is 3. The Kier molecular flexibility index (Phi) is 11.8. The normalized spacial score (nSPS) is 16.1. The predicted molar refractivity (Wildman–Crippen MR) is 194 cm³/mol. The molecular formula is C39H43N3O11. The van der Waals surface area contributed by atoms with E-state index < -0.39 is 12.3 Å². The number of carbonyl (C=O) groups is 1. The van der Waals surface area contributed by atoms with Crippen LogP contribution in [0.15, 0.2) is 65.8 Å². The van der Waals surface area contributed by atoms with Gasteiger partial charge in [-0.15, -0.1) is 0 Å². The molecule has 2 aliphatic rings. The molecule has 53 heavy (non-hydrogen) atoms. The fourth-order valence-corrected chi connectivity index (χ4v) is 6.40. The molecule has 6 rings (SSSR count). The summed E-state index contributed by atoms with van der Waals surface area (Å²) in [6.45, 7) is -0.555. The molecule has 2 unspecified atom stereocenters. The summed E-state index contributed by atoms with van der Waals surface area (Å²) in [6, 6.07) is 17.7. The summed E-state index contributed by atoms with van der Waals surface area (Å²) < 4.78 is 28.7. The molecule has 0 fully saturated rings. The second kappa shape index (κ2) is 16.9. The fraction of sp³-hybridized carbons (Fsp3) is 0.333. The Morgan fingerprint density at radius 1 is 0.736 bits per heavy atom. The van der Waals surface area contributed by atoms with Crippen LogP contribution in [0.25, 0.3) is 0 Å². The Balaban J connectivity index is 1.06. The lowest BCUT2D eigenvalue weighted by molar-refractivity contribution is 0.0853. The minimum Gasteiger partial charge on any atom is -0.497 e. The number of oxime groups is 1. The average Bonchev–Trinajstić information content (AvgIpc) is 3.70. The van der Waals surface area contributed by atoms with Gasteiger partial charge in [-0.25, -0.2) is 0 Å². The molecule has 2 heterocycles. The number of fused-ring (bicyclic) bond motifs is 1. The summed E-state index contributed by atoms with van der Waals surface area (Å²) in [7, 11) is 4.61. The van der Waals surface area contributed by atoms with Crippen molar-refractivity contribution in [3.63, 3.8) is 0 Å². The van der Waals surface area contributed by atoms with Gasteiger partial charge < -0.3 is 59.6 Å². The molecule has 4 aromatic rings. The topological polar surface area (TPSA) is 190 Å². The minimum absolute atomic E-state index is 0.233. The Morgan fingerprint density at radius 3 is 2.06 bits per heavy atom. The van der Waals surface area contributed by atoms with E-state index in [4.69, 9.17) is 28.5 Å². The van der Waals surface area contributed by atoms with Gasteiger partial charge >= 0.3 is 0 Å². The molecule has 0 radical (unpaired) electrons. The maximum atomic E-state index is 12.8. The van der Waals surface area contributed by atoms with Crippen LogP contribution in [0.1, 0.15) is 74.4 Å². The molecule has 0 aliphatic carbocycles. The van der Waals surface area contributed by atoms with Crippen LogP contribution in [0, 0.1) is 0 Å². The maximum Gasteiger partial charge on any atom is 0.255 e. The van der Waals surface area contributed by atoms with Crippen LogP contribution in [-0.4, -0.2) is 66.6 Å². The van der Waals surface area contributed by atoms with E-state index >= 15 is 0 Å². The zero-order valence-electron chi connectivity index (χ0n) is 29.7. The number of nitrogens with zero attached hydrogens (tertiary/aromatic N) is 1. The highest BCUT2D eigenvalue weighted by atomic mass is 16.6. The highest BCUT2D eigenvalue weighted by molar-refractivity contribution is 6.03. The Hall–Kier alpha value is -5.54. The first-order valence-electron chi connectivity index (χ1n) is 17.0. The van der Waals surface area contributed by atoms with Crippen molar-refractivity contribution in [3.05, 3.63) is 105 Å². The van der Waals surface area contributed by atoms with Crippen molar-refractivity contribution in [1.29, 1.82) is 0 Å². The monoisotopic (exact) mass is 729 g/mol. The van der Waals surface area contributed by atoms with E-state index in [0.717, 1.165) is 11.1 Å².